The number of rotatable bonds is 4. The molecule has 0 saturated carbocycles. The van der Waals surface area contributed by atoms with E-state index < -0.39 is 0 Å². The third-order valence-corrected chi connectivity index (χ3v) is 3.44. The minimum absolute atomic E-state index is 0.169. The summed E-state index contributed by atoms with van der Waals surface area (Å²) in [6, 6.07) is 10.3. The first-order valence-corrected chi connectivity index (χ1v) is 7.21. The Morgan fingerprint density at radius 1 is 1.10 bits per heavy atom. The first-order chi connectivity index (χ1) is 9.47. The van der Waals surface area contributed by atoms with Crippen molar-refractivity contribution in [3.63, 3.8) is 0 Å². The van der Waals surface area contributed by atoms with Crippen molar-refractivity contribution in [2.24, 2.45) is 0 Å². The normalized spacial score (nSPS) is 12.5. The molecule has 3 nitrogen and oxygen atoms in total. The minimum atomic E-state index is 0.169. The van der Waals surface area contributed by atoms with E-state index in [4.69, 9.17) is 11.6 Å². The van der Waals surface area contributed by atoms with E-state index in [0.29, 0.717) is 5.15 Å². The Morgan fingerprint density at radius 2 is 1.80 bits per heavy atom. The van der Waals surface area contributed by atoms with Crippen molar-refractivity contribution < 1.29 is 0 Å². The molecule has 2 rings (SSSR count). The number of anilines is 1. The van der Waals surface area contributed by atoms with Gasteiger partial charge in [-0.3, -0.25) is 0 Å². The lowest BCUT2D eigenvalue weighted by Gasteiger charge is -2.18. The molecule has 1 unspecified atom stereocenters. The maximum absolute atomic E-state index is 6.06. The highest BCUT2D eigenvalue weighted by Gasteiger charge is 2.11. The van der Waals surface area contributed by atoms with Crippen molar-refractivity contribution in [3.8, 4) is 0 Å². The van der Waals surface area contributed by atoms with E-state index in [9.17, 15) is 0 Å². The topological polar surface area (TPSA) is 37.8 Å². The van der Waals surface area contributed by atoms with Gasteiger partial charge in [0.05, 0.1) is 6.04 Å². The molecule has 1 aromatic carbocycles. The molecule has 0 spiro atoms. The van der Waals surface area contributed by atoms with Crippen LogP contribution in [0.4, 0.5) is 5.82 Å². The van der Waals surface area contributed by atoms with Crippen LogP contribution in [0.3, 0.4) is 0 Å². The molecular formula is C16H20ClN3. The maximum Gasteiger partial charge on any atom is 0.135 e. The van der Waals surface area contributed by atoms with Crippen LogP contribution in [0.15, 0.2) is 30.3 Å². The van der Waals surface area contributed by atoms with Crippen molar-refractivity contribution in [2.75, 3.05) is 5.32 Å². The monoisotopic (exact) mass is 289 g/mol. The Bertz CT molecular complexity index is 596. The van der Waals surface area contributed by atoms with Crippen LogP contribution < -0.4 is 5.32 Å². The quantitative estimate of drug-likeness (QED) is 0.827. The summed E-state index contributed by atoms with van der Waals surface area (Å²) < 4.78 is 0. The van der Waals surface area contributed by atoms with Gasteiger partial charge in [0.2, 0.25) is 0 Å². The van der Waals surface area contributed by atoms with E-state index in [2.05, 4.69) is 55.1 Å². The highest BCUT2D eigenvalue weighted by molar-refractivity contribution is 6.29. The fraction of sp³-hybridized carbons (Fsp3) is 0.375. The molecule has 2 aromatic rings. The zero-order valence-corrected chi connectivity index (χ0v) is 13.1. The van der Waals surface area contributed by atoms with Gasteiger partial charge in [-0.1, -0.05) is 49.7 Å². The molecule has 0 aliphatic carbocycles. The first-order valence-electron chi connectivity index (χ1n) is 6.84. The van der Waals surface area contributed by atoms with Gasteiger partial charge in [0.1, 0.15) is 16.8 Å². The van der Waals surface area contributed by atoms with E-state index in [-0.39, 0.29) is 12.0 Å². The first kappa shape index (κ1) is 14.8. The van der Waals surface area contributed by atoms with E-state index in [1.807, 2.05) is 12.1 Å². The van der Waals surface area contributed by atoms with Gasteiger partial charge < -0.3 is 5.32 Å². The lowest BCUT2D eigenvalue weighted by molar-refractivity contribution is 0.768. The van der Waals surface area contributed by atoms with E-state index in [1.165, 1.54) is 11.1 Å². The number of halogens is 1. The number of aromatic nitrogens is 2. The molecule has 1 heterocycles. The zero-order chi connectivity index (χ0) is 14.7. The Morgan fingerprint density at radius 3 is 2.45 bits per heavy atom. The van der Waals surface area contributed by atoms with Crippen LogP contribution in [0.2, 0.25) is 5.15 Å². The van der Waals surface area contributed by atoms with Crippen molar-refractivity contribution in [1.82, 2.24) is 9.97 Å². The summed E-state index contributed by atoms with van der Waals surface area (Å²) >= 11 is 6.06. The van der Waals surface area contributed by atoms with Crippen molar-refractivity contribution in [2.45, 2.75) is 39.7 Å². The highest BCUT2D eigenvalue weighted by Crippen LogP contribution is 2.23. The van der Waals surface area contributed by atoms with Gasteiger partial charge in [0.25, 0.3) is 0 Å². The molecule has 0 bridgehead atoms. The van der Waals surface area contributed by atoms with Gasteiger partial charge in [-0.15, -0.1) is 0 Å². The fourth-order valence-corrected chi connectivity index (χ4v) is 2.33. The summed E-state index contributed by atoms with van der Waals surface area (Å²) in [7, 11) is 0. The van der Waals surface area contributed by atoms with Crippen molar-refractivity contribution in [1.29, 1.82) is 0 Å². The van der Waals surface area contributed by atoms with Gasteiger partial charge in [-0.2, -0.15) is 0 Å². The summed E-state index contributed by atoms with van der Waals surface area (Å²) in [5.74, 6) is 1.78. The Balaban J connectivity index is 2.24. The molecule has 0 aliphatic rings. The lowest BCUT2D eigenvalue weighted by Crippen LogP contribution is -2.11. The van der Waals surface area contributed by atoms with E-state index in [0.717, 1.165) is 11.6 Å². The number of hydrogen-bond donors (Lipinski definition) is 1. The number of aryl methyl sites for hydroxylation is 1. The van der Waals surface area contributed by atoms with Crippen LogP contribution in [-0.4, -0.2) is 9.97 Å². The molecule has 0 saturated heterocycles. The third-order valence-electron chi connectivity index (χ3n) is 3.25. The van der Waals surface area contributed by atoms with Crippen LogP contribution in [0.25, 0.3) is 0 Å². The predicted octanol–water partition coefficient (Wildman–Crippen LogP) is 4.73. The summed E-state index contributed by atoms with van der Waals surface area (Å²) in [5.41, 5.74) is 2.52. The SMILES string of the molecule is Cc1ccccc1C(C)Nc1cc(Cl)nc(C(C)C)n1. The average Bonchev–Trinajstić information content (AvgIpc) is 2.38. The van der Waals surface area contributed by atoms with Gasteiger partial charge in [0.15, 0.2) is 0 Å². The molecule has 4 heteroatoms. The van der Waals surface area contributed by atoms with Crippen molar-refractivity contribution >= 4 is 17.4 Å². The molecule has 1 atom stereocenters. The van der Waals surface area contributed by atoms with Crippen molar-refractivity contribution in [3.05, 3.63) is 52.4 Å². The van der Waals surface area contributed by atoms with E-state index in [1.54, 1.807) is 6.07 Å². The fourth-order valence-electron chi connectivity index (χ4n) is 2.14. The van der Waals surface area contributed by atoms with Crippen LogP contribution in [0.5, 0.6) is 0 Å². The Kier molecular flexibility index (Phi) is 4.61. The average molecular weight is 290 g/mol. The smallest absolute Gasteiger partial charge is 0.135 e. The van der Waals surface area contributed by atoms with Gasteiger partial charge in [0, 0.05) is 12.0 Å². The molecule has 106 valence electrons. The molecule has 0 radical (unpaired) electrons. The highest BCUT2D eigenvalue weighted by atomic mass is 35.5. The number of nitrogens with one attached hydrogen (secondary N) is 1. The molecule has 20 heavy (non-hydrogen) atoms. The molecule has 0 aliphatic heterocycles. The minimum Gasteiger partial charge on any atom is -0.363 e. The predicted molar refractivity (Wildman–Crippen MR) is 84.3 cm³/mol. The second-order valence-corrected chi connectivity index (χ2v) is 5.70. The standard InChI is InChI=1S/C16H20ClN3/c1-10(2)16-19-14(17)9-15(20-16)18-12(4)13-8-6-5-7-11(13)3/h5-10,12H,1-4H3,(H,18,19,20). The summed E-state index contributed by atoms with van der Waals surface area (Å²) in [4.78, 5) is 8.77. The number of hydrogen-bond acceptors (Lipinski definition) is 3. The number of nitrogens with zero attached hydrogens (tertiary/aromatic N) is 2. The molecule has 0 fully saturated rings. The molecule has 1 N–H and O–H groups in total. The van der Waals surface area contributed by atoms with E-state index >= 15 is 0 Å². The second-order valence-electron chi connectivity index (χ2n) is 5.31. The molecule has 1 aromatic heterocycles. The Labute approximate surface area is 125 Å². The molecular weight excluding hydrogens is 270 g/mol. The van der Waals surface area contributed by atoms with Gasteiger partial charge in [-0.25, -0.2) is 9.97 Å². The summed E-state index contributed by atoms with van der Waals surface area (Å²) in [6.07, 6.45) is 0. The zero-order valence-electron chi connectivity index (χ0n) is 12.3. The third kappa shape index (κ3) is 3.48. The second kappa shape index (κ2) is 6.23. The van der Waals surface area contributed by atoms with Crippen LogP contribution in [-0.2, 0) is 0 Å². The van der Waals surface area contributed by atoms with Crippen LogP contribution in [0, 0.1) is 6.92 Å². The largest absolute Gasteiger partial charge is 0.363 e. The number of benzene rings is 1. The van der Waals surface area contributed by atoms with Gasteiger partial charge >= 0.3 is 0 Å². The van der Waals surface area contributed by atoms with Crippen LogP contribution >= 0.6 is 11.6 Å². The molecule has 0 amide bonds. The van der Waals surface area contributed by atoms with Crippen LogP contribution in [0.1, 0.15) is 49.7 Å². The summed E-state index contributed by atoms with van der Waals surface area (Å²) in [6.45, 7) is 8.34. The van der Waals surface area contributed by atoms with Gasteiger partial charge in [-0.05, 0) is 25.0 Å². The Hall–Kier alpha value is -1.61. The lowest BCUT2D eigenvalue weighted by atomic mass is 10.0. The summed E-state index contributed by atoms with van der Waals surface area (Å²) in [5, 5.41) is 3.87. The maximum atomic E-state index is 6.06.